The number of piperidine rings is 1. The Labute approximate surface area is 168 Å². The lowest BCUT2D eigenvalue weighted by atomic mass is 9.79. The first-order valence-corrected chi connectivity index (χ1v) is 10.9. The van der Waals surface area contributed by atoms with Crippen molar-refractivity contribution in [2.45, 2.75) is 63.3 Å². The van der Waals surface area contributed by atoms with Crippen LogP contribution >= 0.6 is 0 Å². The standard InChI is InChI=1S/C23H32N4O/c28-22(16-20-17-25-27(18-20)21-10-4-1-5-11-21)24-19-23(12-6-2-7-13-23)26-14-8-3-9-15-26/h1,4-5,10-11,17-18H,2-3,6-9,12-16,19H2,(H,24,28). The Hall–Kier alpha value is -2.14. The molecule has 2 fully saturated rings. The molecule has 1 saturated carbocycles. The zero-order valence-corrected chi connectivity index (χ0v) is 16.8. The van der Waals surface area contributed by atoms with Gasteiger partial charge in [-0.2, -0.15) is 5.10 Å². The molecule has 4 rings (SSSR count). The number of hydrogen-bond acceptors (Lipinski definition) is 3. The lowest BCUT2D eigenvalue weighted by Crippen LogP contribution is -2.58. The minimum absolute atomic E-state index is 0.106. The summed E-state index contributed by atoms with van der Waals surface area (Å²) in [5, 5.41) is 7.68. The van der Waals surface area contributed by atoms with Crippen LogP contribution in [0.4, 0.5) is 0 Å². The summed E-state index contributed by atoms with van der Waals surface area (Å²) in [7, 11) is 0. The van der Waals surface area contributed by atoms with Crippen molar-refractivity contribution >= 4 is 5.91 Å². The van der Waals surface area contributed by atoms with Crippen LogP contribution in [-0.2, 0) is 11.2 Å². The average molecular weight is 381 g/mol. The summed E-state index contributed by atoms with van der Waals surface area (Å²) in [5.41, 5.74) is 2.15. The summed E-state index contributed by atoms with van der Waals surface area (Å²) in [6.45, 7) is 3.18. The minimum atomic E-state index is 0.106. The van der Waals surface area contributed by atoms with Gasteiger partial charge in [-0.1, -0.05) is 43.9 Å². The first-order valence-electron chi connectivity index (χ1n) is 10.9. The molecule has 1 amide bonds. The summed E-state index contributed by atoms with van der Waals surface area (Å²) in [6, 6.07) is 10.0. The van der Waals surface area contributed by atoms with E-state index in [-0.39, 0.29) is 11.4 Å². The highest BCUT2D eigenvalue weighted by molar-refractivity contribution is 5.78. The fourth-order valence-electron chi connectivity index (χ4n) is 4.87. The molecular weight excluding hydrogens is 348 g/mol. The fourth-order valence-corrected chi connectivity index (χ4v) is 4.87. The van der Waals surface area contributed by atoms with Crippen molar-refractivity contribution in [1.82, 2.24) is 20.0 Å². The van der Waals surface area contributed by atoms with Gasteiger partial charge in [0.2, 0.25) is 5.91 Å². The molecule has 0 spiro atoms. The molecule has 2 aliphatic rings. The van der Waals surface area contributed by atoms with Crippen molar-refractivity contribution in [3.63, 3.8) is 0 Å². The number of aromatic nitrogens is 2. The van der Waals surface area contributed by atoms with Crippen molar-refractivity contribution in [1.29, 1.82) is 0 Å². The first-order chi connectivity index (χ1) is 13.8. The zero-order valence-electron chi connectivity index (χ0n) is 16.8. The van der Waals surface area contributed by atoms with Gasteiger partial charge in [-0.25, -0.2) is 4.68 Å². The number of hydrogen-bond donors (Lipinski definition) is 1. The van der Waals surface area contributed by atoms with Crippen LogP contribution in [0.1, 0.15) is 56.9 Å². The molecule has 0 atom stereocenters. The van der Waals surface area contributed by atoms with Crippen LogP contribution in [0.2, 0.25) is 0 Å². The molecule has 1 N–H and O–H groups in total. The Morgan fingerprint density at radius 2 is 1.71 bits per heavy atom. The molecule has 1 aliphatic carbocycles. The van der Waals surface area contributed by atoms with Gasteiger partial charge in [0.05, 0.1) is 18.3 Å². The number of amides is 1. The Kier molecular flexibility index (Phi) is 6.10. The lowest BCUT2D eigenvalue weighted by molar-refractivity contribution is -0.121. The van der Waals surface area contributed by atoms with Crippen LogP contribution in [0.25, 0.3) is 5.69 Å². The van der Waals surface area contributed by atoms with E-state index in [1.807, 2.05) is 41.2 Å². The molecule has 150 valence electrons. The number of benzene rings is 1. The maximum atomic E-state index is 12.7. The Morgan fingerprint density at radius 3 is 2.46 bits per heavy atom. The molecule has 1 saturated heterocycles. The van der Waals surface area contributed by atoms with Gasteiger partial charge < -0.3 is 5.32 Å². The van der Waals surface area contributed by atoms with E-state index in [0.29, 0.717) is 6.42 Å². The van der Waals surface area contributed by atoms with Crippen LogP contribution in [0.5, 0.6) is 0 Å². The normalized spacial score (nSPS) is 20.0. The van der Waals surface area contributed by atoms with Gasteiger partial charge in [-0.15, -0.1) is 0 Å². The number of nitrogens with zero attached hydrogens (tertiary/aromatic N) is 3. The summed E-state index contributed by atoms with van der Waals surface area (Å²) in [6.07, 6.45) is 14.5. The highest BCUT2D eigenvalue weighted by Crippen LogP contribution is 2.35. The number of nitrogens with one attached hydrogen (secondary N) is 1. The predicted octanol–water partition coefficient (Wildman–Crippen LogP) is 3.72. The van der Waals surface area contributed by atoms with E-state index in [4.69, 9.17) is 0 Å². The largest absolute Gasteiger partial charge is 0.354 e. The minimum Gasteiger partial charge on any atom is -0.354 e. The molecule has 0 radical (unpaired) electrons. The lowest BCUT2D eigenvalue weighted by Gasteiger charge is -2.48. The van der Waals surface area contributed by atoms with E-state index < -0.39 is 0 Å². The van der Waals surface area contributed by atoms with E-state index in [0.717, 1.165) is 17.8 Å². The van der Waals surface area contributed by atoms with Crippen LogP contribution < -0.4 is 5.32 Å². The molecular formula is C23H32N4O. The Bertz CT molecular complexity index is 758. The SMILES string of the molecule is O=C(Cc1cnn(-c2ccccc2)c1)NCC1(N2CCCCC2)CCCCC1. The van der Waals surface area contributed by atoms with Gasteiger partial charge in [0, 0.05) is 18.3 Å². The topological polar surface area (TPSA) is 50.2 Å². The molecule has 1 aromatic heterocycles. The monoisotopic (exact) mass is 380 g/mol. The second kappa shape index (κ2) is 8.91. The van der Waals surface area contributed by atoms with E-state index in [9.17, 15) is 4.79 Å². The third-order valence-corrected chi connectivity index (χ3v) is 6.45. The number of carbonyl (C=O) groups is 1. The summed E-state index contributed by atoms with van der Waals surface area (Å²) in [5.74, 6) is 0.106. The molecule has 1 aliphatic heterocycles. The zero-order chi connectivity index (χ0) is 19.2. The van der Waals surface area contributed by atoms with Gasteiger partial charge in [-0.05, 0) is 56.5 Å². The summed E-state index contributed by atoms with van der Waals surface area (Å²) in [4.78, 5) is 15.3. The second-order valence-corrected chi connectivity index (χ2v) is 8.41. The number of carbonyl (C=O) groups excluding carboxylic acids is 1. The van der Waals surface area contributed by atoms with Crippen molar-refractivity contribution in [3.05, 3.63) is 48.3 Å². The number of rotatable bonds is 6. The maximum Gasteiger partial charge on any atom is 0.224 e. The molecule has 0 bridgehead atoms. The number of para-hydroxylation sites is 1. The van der Waals surface area contributed by atoms with Crippen LogP contribution in [0, 0.1) is 0 Å². The van der Waals surface area contributed by atoms with Gasteiger partial charge in [0.1, 0.15) is 0 Å². The third-order valence-electron chi connectivity index (χ3n) is 6.45. The van der Waals surface area contributed by atoms with E-state index in [1.54, 1.807) is 6.20 Å². The molecule has 28 heavy (non-hydrogen) atoms. The van der Waals surface area contributed by atoms with Gasteiger partial charge >= 0.3 is 0 Å². The predicted molar refractivity (Wildman–Crippen MR) is 112 cm³/mol. The Balaban J connectivity index is 1.35. The van der Waals surface area contributed by atoms with Gasteiger partial charge in [-0.3, -0.25) is 9.69 Å². The maximum absolute atomic E-state index is 12.7. The van der Waals surface area contributed by atoms with E-state index in [2.05, 4.69) is 15.3 Å². The molecule has 5 nitrogen and oxygen atoms in total. The molecule has 1 aromatic carbocycles. The van der Waals surface area contributed by atoms with E-state index in [1.165, 1.54) is 64.5 Å². The third kappa shape index (κ3) is 4.46. The molecule has 2 heterocycles. The van der Waals surface area contributed by atoms with Crippen LogP contribution in [-0.4, -0.2) is 45.8 Å². The van der Waals surface area contributed by atoms with E-state index >= 15 is 0 Å². The highest BCUT2D eigenvalue weighted by Gasteiger charge is 2.38. The van der Waals surface area contributed by atoms with Crippen molar-refractivity contribution < 1.29 is 4.79 Å². The van der Waals surface area contributed by atoms with Gasteiger partial charge in [0.25, 0.3) is 0 Å². The quantitative estimate of drug-likeness (QED) is 0.831. The Morgan fingerprint density at radius 1 is 1.00 bits per heavy atom. The van der Waals surface area contributed by atoms with Crippen molar-refractivity contribution in [3.8, 4) is 5.69 Å². The molecule has 2 aromatic rings. The second-order valence-electron chi connectivity index (χ2n) is 8.41. The molecule has 0 unspecified atom stereocenters. The van der Waals surface area contributed by atoms with Crippen LogP contribution in [0.3, 0.4) is 0 Å². The fraction of sp³-hybridized carbons (Fsp3) is 0.565. The van der Waals surface area contributed by atoms with Crippen molar-refractivity contribution in [2.24, 2.45) is 0 Å². The van der Waals surface area contributed by atoms with Crippen LogP contribution in [0.15, 0.2) is 42.7 Å². The first kappa shape index (κ1) is 19.2. The van der Waals surface area contributed by atoms with Crippen molar-refractivity contribution in [2.75, 3.05) is 19.6 Å². The summed E-state index contributed by atoms with van der Waals surface area (Å²) >= 11 is 0. The summed E-state index contributed by atoms with van der Waals surface area (Å²) < 4.78 is 1.83. The smallest absolute Gasteiger partial charge is 0.224 e. The molecule has 5 heteroatoms. The van der Waals surface area contributed by atoms with Gasteiger partial charge in [0.15, 0.2) is 0 Å². The highest BCUT2D eigenvalue weighted by atomic mass is 16.1. The average Bonchev–Trinajstić information content (AvgIpc) is 3.23. The number of likely N-dealkylation sites (tertiary alicyclic amines) is 1.